The molecule has 0 fully saturated rings. The van der Waals surface area contributed by atoms with Gasteiger partial charge in [0.15, 0.2) is 5.17 Å². The molecule has 2 rings (SSSR count). The molecule has 1 aromatic carbocycles. The lowest BCUT2D eigenvalue weighted by molar-refractivity contribution is -0.148. The number of hydrogen-bond acceptors (Lipinski definition) is 10. The summed E-state index contributed by atoms with van der Waals surface area (Å²) in [7, 11) is -4.15. The maximum Gasteiger partial charge on any atom is 0.364 e. The van der Waals surface area contributed by atoms with E-state index in [2.05, 4.69) is 4.99 Å². The molecule has 30 heavy (non-hydrogen) atoms. The van der Waals surface area contributed by atoms with Gasteiger partial charge in [-0.25, -0.2) is 9.79 Å². The number of aliphatic imine (C=N–C) groups is 1. The fourth-order valence-electron chi connectivity index (χ4n) is 3.01. The number of hydrogen-bond donors (Lipinski definition) is 1. The van der Waals surface area contributed by atoms with Gasteiger partial charge in [0, 0.05) is 12.4 Å². The molecule has 1 heterocycles. The van der Waals surface area contributed by atoms with Crippen LogP contribution in [0.5, 0.6) is 0 Å². The molecule has 11 heteroatoms. The van der Waals surface area contributed by atoms with Gasteiger partial charge in [-0.2, -0.15) is 0 Å². The number of esters is 1. The second-order valence-electron chi connectivity index (χ2n) is 6.04. The number of amidine groups is 1. The van der Waals surface area contributed by atoms with Crippen molar-refractivity contribution in [1.82, 2.24) is 0 Å². The predicted molar refractivity (Wildman–Crippen MR) is 122 cm³/mol. The number of ether oxygens (including phenoxy) is 2. The van der Waals surface area contributed by atoms with Gasteiger partial charge in [-0.1, -0.05) is 53.9 Å². The molecule has 0 aliphatic carbocycles. The Balaban J connectivity index is 2.65. The third kappa shape index (κ3) is 4.74. The van der Waals surface area contributed by atoms with Crippen LogP contribution in [0.3, 0.4) is 0 Å². The van der Waals surface area contributed by atoms with E-state index in [1.807, 2.05) is 30.3 Å². The van der Waals surface area contributed by atoms with Gasteiger partial charge in [0.1, 0.15) is 0 Å². The minimum Gasteiger partial charge on any atom is -0.464 e. The predicted octanol–water partition coefficient (Wildman–Crippen LogP) is 4.20. The van der Waals surface area contributed by atoms with E-state index in [0.717, 1.165) is 17.3 Å². The van der Waals surface area contributed by atoms with Gasteiger partial charge in [0.2, 0.25) is 5.06 Å². The van der Waals surface area contributed by atoms with Gasteiger partial charge in [-0.15, -0.1) is 0 Å². The highest BCUT2D eigenvalue weighted by Crippen LogP contribution is 2.74. The first-order valence-corrected chi connectivity index (χ1v) is 13.1. The molecule has 0 radical (unpaired) electrons. The Bertz CT molecular complexity index is 786. The Labute approximate surface area is 186 Å². The summed E-state index contributed by atoms with van der Waals surface area (Å²) >= 11 is 2.03. The van der Waals surface area contributed by atoms with E-state index in [1.54, 1.807) is 27.7 Å². The second kappa shape index (κ2) is 11.0. The molecule has 0 saturated carbocycles. The van der Waals surface area contributed by atoms with E-state index >= 15 is 0 Å². The van der Waals surface area contributed by atoms with Crippen LogP contribution in [-0.4, -0.2) is 47.1 Å². The van der Waals surface area contributed by atoms with E-state index in [4.69, 9.17) is 24.3 Å². The molecule has 0 saturated heterocycles. The van der Waals surface area contributed by atoms with Gasteiger partial charge in [0.25, 0.3) is 4.49 Å². The molecule has 8 nitrogen and oxygen atoms in total. The van der Waals surface area contributed by atoms with Crippen molar-refractivity contribution < 1.29 is 27.9 Å². The molecule has 168 valence electrons. The Hall–Kier alpha value is -1.03. The Morgan fingerprint density at radius 3 is 2.27 bits per heavy atom. The molecular weight excluding hydrogens is 447 g/mol. The summed E-state index contributed by atoms with van der Waals surface area (Å²) < 4.78 is 34.8. The topological polar surface area (TPSA) is 109 Å². The highest BCUT2D eigenvalue weighted by atomic mass is 32.2. The van der Waals surface area contributed by atoms with E-state index in [0.29, 0.717) is 5.75 Å². The first kappa shape index (κ1) is 25.2. The SMILES string of the molecule is CCOC(=O)C1(P(=O)(OCC)OCC)SC(N)=NC1(OCC)SCc1ccccc1. The van der Waals surface area contributed by atoms with E-state index in [1.165, 1.54) is 11.8 Å². The Kier molecular flexibility index (Phi) is 9.27. The van der Waals surface area contributed by atoms with Crippen LogP contribution in [-0.2, 0) is 33.6 Å². The zero-order valence-electron chi connectivity index (χ0n) is 17.7. The van der Waals surface area contributed by atoms with Gasteiger partial charge in [-0.05, 0) is 33.3 Å². The number of carbonyl (C=O) groups excluding carboxylic acids is 1. The molecule has 0 bridgehead atoms. The molecule has 1 aromatic rings. The normalized spacial score (nSPS) is 23.9. The Morgan fingerprint density at radius 2 is 1.73 bits per heavy atom. The minimum absolute atomic E-state index is 0.0525. The number of nitrogens with two attached hydrogens (primary N) is 1. The molecule has 0 spiro atoms. The summed E-state index contributed by atoms with van der Waals surface area (Å²) in [6, 6.07) is 9.62. The van der Waals surface area contributed by atoms with Crippen LogP contribution in [0.2, 0.25) is 0 Å². The van der Waals surface area contributed by atoms with Crippen LogP contribution in [0.25, 0.3) is 0 Å². The summed E-state index contributed by atoms with van der Waals surface area (Å²) in [5, 5.41) is -1.60. The quantitative estimate of drug-likeness (QED) is 0.270. The van der Waals surface area contributed by atoms with Crippen LogP contribution in [0.15, 0.2) is 35.3 Å². The van der Waals surface area contributed by atoms with Crippen molar-refractivity contribution in [2.75, 3.05) is 26.4 Å². The summed E-state index contributed by atoms with van der Waals surface area (Å²) in [5.41, 5.74) is 7.07. The van der Waals surface area contributed by atoms with Crippen LogP contribution in [0.4, 0.5) is 0 Å². The van der Waals surface area contributed by atoms with E-state index in [-0.39, 0.29) is 31.6 Å². The van der Waals surface area contributed by atoms with Crippen LogP contribution in [0, 0.1) is 0 Å². The van der Waals surface area contributed by atoms with Crippen molar-refractivity contribution in [3.63, 3.8) is 0 Å². The standard InChI is InChI=1S/C19H29N2O6PS2/c1-5-24-16(22)18(28(23,26-7-3)27-8-4)19(25-6-2,21-17(20)30-18)29-14-15-12-10-9-11-13-15/h9-13H,5-8,14H2,1-4H3,(H2,20,21). The first-order chi connectivity index (χ1) is 14.3. The summed E-state index contributed by atoms with van der Waals surface area (Å²) in [6.07, 6.45) is 0. The van der Waals surface area contributed by atoms with E-state index in [9.17, 15) is 9.36 Å². The highest BCUT2D eigenvalue weighted by Gasteiger charge is 2.76. The zero-order chi connectivity index (χ0) is 22.3. The minimum atomic E-state index is -4.15. The monoisotopic (exact) mass is 476 g/mol. The number of benzene rings is 1. The average molecular weight is 477 g/mol. The molecule has 2 N–H and O–H groups in total. The molecule has 0 amide bonds. The van der Waals surface area contributed by atoms with Crippen molar-refractivity contribution >= 4 is 42.3 Å². The largest absolute Gasteiger partial charge is 0.464 e. The lowest BCUT2D eigenvalue weighted by atomic mass is 10.2. The molecule has 2 atom stereocenters. The van der Waals surface area contributed by atoms with Crippen molar-refractivity contribution in [3.05, 3.63) is 35.9 Å². The Morgan fingerprint density at radius 1 is 1.10 bits per heavy atom. The van der Waals surface area contributed by atoms with Crippen molar-refractivity contribution in [2.45, 2.75) is 43.0 Å². The van der Waals surface area contributed by atoms with Crippen LogP contribution in [0.1, 0.15) is 33.3 Å². The molecular formula is C19H29N2O6PS2. The lowest BCUT2D eigenvalue weighted by Gasteiger charge is -2.42. The molecule has 1 aliphatic heterocycles. The zero-order valence-corrected chi connectivity index (χ0v) is 20.2. The summed E-state index contributed by atoms with van der Waals surface area (Å²) in [5.74, 6) is -0.365. The number of carbonyl (C=O) groups is 1. The van der Waals surface area contributed by atoms with Gasteiger partial charge in [-0.3, -0.25) is 4.57 Å². The molecule has 2 unspecified atom stereocenters. The lowest BCUT2D eigenvalue weighted by Crippen LogP contribution is -2.54. The fourth-order valence-corrected chi connectivity index (χ4v) is 8.86. The van der Waals surface area contributed by atoms with Crippen molar-refractivity contribution in [1.29, 1.82) is 0 Å². The van der Waals surface area contributed by atoms with Crippen molar-refractivity contribution in [2.24, 2.45) is 10.7 Å². The molecule has 1 aliphatic rings. The second-order valence-corrected chi connectivity index (χ2v) is 10.9. The maximum absolute atomic E-state index is 14.1. The van der Waals surface area contributed by atoms with E-state index < -0.39 is 23.1 Å². The summed E-state index contributed by atoms with van der Waals surface area (Å²) in [4.78, 5) is 17.9. The van der Waals surface area contributed by atoms with Gasteiger partial charge < -0.3 is 24.3 Å². The smallest absolute Gasteiger partial charge is 0.364 e. The highest BCUT2D eigenvalue weighted by molar-refractivity contribution is 8.21. The maximum atomic E-state index is 14.1. The first-order valence-electron chi connectivity index (χ1n) is 9.77. The molecule has 0 aromatic heterocycles. The van der Waals surface area contributed by atoms with Gasteiger partial charge in [0.05, 0.1) is 19.8 Å². The third-order valence-electron chi connectivity index (χ3n) is 4.09. The third-order valence-corrected chi connectivity index (χ3v) is 10.2. The fraction of sp³-hybridized carbons (Fsp3) is 0.579. The van der Waals surface area contributed by atoms with Crippen LogP contribution >= 0.6 is 31.1 Å². The summed E-state index contributed by atoms with van der Waals surface area (Å²) in [6.45, 7) is 7.17. The van der Waals surface area contributed by atoms with Crippen molar-refractivity contribution in [3.8, 4) is 0 Å². The van der Waals surface area contributed by atoms with Crippen LogP contribution < -0.4 is 5.73 Å². The number of nitrogens with zero attached hydrogens (tertiary/aromatic N) is 1. The number of rotatable bonds is 12. The van der Waals surface area contributed by atoms with Gasteiger partial charge >= 0.3 is 13.6 Å². The average Bonchev–Trinajstić information content (AvgIpc) is 3.02. The number of thioether (sulfide) groups is 2.